The fourth-order valence-electron chi connectivity index (χ4n) is 1.89. The monoisotopic (exact) mass is 305 g/mol. The second-order valence-electron chi connectivity index (χ2n) is 4.40. The van der Waals surface area contributed by atoms with Crippen LogP contribution in [0.3, 0.4) is 0 Å². The van der Waals surface area contributed by atoms with E-state index in [1.807, 2.05) is 24.3 Å². The van der Waals surface area contributed by atoms with Crippen molar-refractivity contribution < 1.29 is 9.21 Å². The van der Waals surface area contributed by atoms with E-state index in [0.29, 0.717) is 23.8 Å². The minimum Gasteiger partial charge on any atom is -0.453 e. The molecule has 1 aromatic carbocycles. The van der Waals surface area contributed by atoms with Crippen molar-refractivity contribution in [1.82, 2.24) is 0 Å². The molecule has 1 fully saturated rings. The lowest BCUT2D eigenvalue weighted by atomic mass is 10.1. The fraction of sp³-hybridized carbons (Fsp3) is 0.214. The Bertz CT molecular complexity index is 587. The zero-order valence-electron chi connectivity index (χ0n) is 9.65. The van der Waals surface area contributed by atoms with Gasteiger partial charge in [-0.1, -0.05) is 6.07 Å². The second-order valence-corrected chi connectivity index (χ2v) is 5.26. The van der Waals surface area contributed by atoms with E-state index in [2.05, 4.69) is 21.2 Å². The molecule has 1 N–H and O–H groups in total. The Morgan fingerprint density at radius 2 is 2.11 bits per heavy atom. The normalized spacial score (nSPS) is 14.5. The Morgan fingerprint density at radius 1 is 1.28 bits per heavy atom. The molecule has 3 nitrogen and oxygen atoms in total. The molecule has 92 valence electrons. The van der Waals surface area contributed by atoms with E-state index in [0.717, 1.165) is 15.7 Å². The number of carbonyl (C=O) groups excluding carboxylic acids is 1. The summed E-state index contributed by atoms with van der Waals surface area (Å²) >= 11 is 3.54. The van der Waals surface area contributed by atoms with Crippen LogP contribution in [0.5, 0.6) is 0 Å². The lowest BCUT2D eigenvalue weighted by Gasteiger charge is -2.11. The van der Waals surface area contributed by atoms with Crippen LogP contribution in [0, 0.1) is 0 Å². The third-order valence-electron chi connectivity index (χ3n) is 2.94. The average Bonchev–Trinajstić information content (AvgIpc) is 3.05. The summed E-state index contributed by atoms with van der Waals surface area (Å²) in [6, 6.07) is 10.1. The molecule has 1 aromatic heterocycles. The minimum atomic E-state index is 0.345. The van der Waals surface area contributed by atoms with Crippen molar-refractivity contribution in [3.05, 3.63) is 40.6 Å². The number of anilines is 1. The van der Waals surface area contributed by atoms with Gasteiger partial charge >= 0.3 is 0 Å². The first-order chi connectivity index (χ1) is 8.78. The number of nitrogens with one attached hydrogen (secondary N) is 1. The molecule has 1 heterocycles. The van der Waals surface area contributed by atoms with Gasteiger partial charge in [0.05, 0.1) is 5.56 Å². The van der Waals surface area contributed by atoms with E-state index in [1.165, 1.54) is 12.8 Å². The van der Waals surface area contributed by atoms with E-state index in [1.54, 1.807) is 6.07 Å². The van der Waals surface area contributed by atoms with Gasteiger partial charge in [0.15, 0.2) is 12.0 Å². The van der Waals surface area contributed by atoms with Gasteiger partial charge in [-0.05, 0) is 53.0 Å². The number of halogens is 1. The Kier molecular flexibility index (Phi) is 2.96. The van der Waals surface area contributed by atoms with Crippen molar-refractivity contribution in [2.24, 2.45) is 0 Å². The van der Waals surface area contributed by atoms with Gasteiger partial charge in [-0.3, -0.25) is 4.79 Å². The Balaban J connectivity index is 2.04. The van der Waals surface area contributed by atoms with Crippen LogP contribution in [0.25, 0.3) is 11.3 Å². The van der Waals surface area contributed by atoms with E-state index in [4.69, 9.17) is 4.42 Å². The van der Waals surface area contributed by atoms with Crippen molar-refractivity contribution in [3.8, 4) is 11.3 Å². The summed E-state index contributed by atoms with van der Waals surface area (Å²) in [5.41, 5.74) is 2.01. The molecule has 0 atom stereocenters. The fourth-order valence-corrected chi connectivity index (χ4v) is 2.45. The number of furan rings is 1. The van der Waals surface area contributed by atoms with Crippen molar-refractivity contribution in [2.45, 2.75) is 18.9 Å². The largest absolute Gasteiger partial charge is 0.453 e. The van der Waals surface area contributed by atoms with Crippen molar-refractivity contribution >= 4 is 27.9 Å². The topological polar surface area (TPSA) is 42.2 Å². The minimum absolute atomic E-state index is 0.345. The van der Waals surface area contributed by atoms with Crippen LogP contribution in [-0.2, 0) is 0 Å². The van der Waals surface area contributed by atoms with E-state index < -0.39 is 0 Å². The number of rotatable bonds is 4. The van der Waals surface area contributed by atoms with E-state index in [-0.39, 0.29) is 0 Å². The summed E-state index contributed by atoms with van der Waals surface area (Å²) in [5.74, 6) is 1.05. The van der Waals surface area contributed by atoms with Gasteiger partial charge in [0, 0.05) is 16.2 Å². The van der Waals surface area contributed by atoms with Gasteiger partial charge < -0.3 is 9.73 Å². The molecule has 18 heavy (non-hydrogen) atoms. The molecular weight excluding hydrogens is 294 g/mol. The van der Waals surface area contributed by atoms with Gasteiger partial charge in [-0.2, -0.15) is 0 Å². The molecule has 0 spiro atoms. The molecule has 0 bridgehead atoms. The molecule has 0 saturated heterocycles. The molecule has 4 heteroatoms. The van der Waals surface area contributed by atoms with Gasteiger partial charge in [-0.25, -0.2) is 0 Å². The molecule has 0 amide bonds. The highest BCUT2D eigenvalue weighted by Crippen LogP contribution is 2.38. The highest BCUT2D eigenvalue weighted by atomic mass is 79.9. The average molecular weight is 306 g/mol. The number of carbonyl (C=O) groups is 1. The lowest BCUT2D eigenvalue weighted by Crippen LogP contribution is -2.02. The van der Waals surface area contributed by atoms with Crippen LogP contribution >= 0.6 is 15.9 Å². The van der Waals surface area contributed by atoms with Crippen LogP contribution in [0.1, 0.15) is 23.4 Å². The third kappa shape index (κ3) is 2.20. The Labute approximate surface area is 113 Å². The van der Waals surface area contributed by atoms with E-state index in [9.17, 15) is 4.79 Å². The molecule has 1 aliphatic rings. The first-order valence-corrected chi connectivity index (χ1v) is 6.67. The van der Waals surface area contributed by atoms with Crippen LogP contribution in [-0.4, -0.2) is 12.3 Å². The molecule has 2 aromatic rings. The van der Waals surface area contributed by atoms with Crippen LogP contribution in [0.4, 0.5) is 5.69 Å². The second kappa shape index (κ2) is 4.61. The Morgan fingerprint density at radius 3 is 2.78 bits per heavy atom. The summed E-state index contributed by atoms with van der Waals surface area (Å²) < 4.78 is 6.46. The zero-order chi connectivity index (χ0) is 12.5. The third-order valence-corrected chi connectivity index (χ3v) is 3.60. The molecule has 3 rings (SSSR count). The van der Waals surface area contributed by atoms with E-state index >= 15 is 0 Å². The highest BCUT2D eigenvalue weighted by molar-refractivity contribution is 9.10. The quantitative estimate of drug-likeness (QED) is 0.865. The summed E-state index contributed by atoms with van der Waals surface area (Å²) in [7, 11) is 0. The van der Waals surface area contributed by atoms with Crippen LogP contribution < -0.4 is 5.32 Å². The molecule has 0 aliphatic heterocycles. The zero-order valence-corrected chi connectivity index (χ0v) is 11.2. The number of aldehydes is 1. The van der Waals surface area contributed by atoms with Crippen LogP contribution in [0.15, 0.2) is 39.2 Å². The van der Waals surface area contributed by atoms with Crippen LogP contribution in [0.2, 0.25) is 0 Å². The summed E-state index contributed by atoms with van der Waals surface area (Å²) in [6.45, 7) is 0. The van der Waals surface area contributed by atoms with Gasteiger partial charge in [0.1, 0.15) is 5.76 Å². The first kappa shape index (κ1) is 11.5. The molecule has 0 radical (unpaired) electrons. The van der Waals surface area contributed by atoms with Gasteiger partial charge in [0.25, 0.3) is 0 Å². The maximum atomic E-state index is 10.7. The standard InChI is InChI=1S/C14H12BrNO2/c15-11-2-1-3-12(16-9-4-5-9)14(11)13-7-6-10(8-17)18-13/h1-3,6-9,16H,4-5H2. The highest BCUT2D eigenvalue weighted by Gasteiger charge is 2.23. The predicted octanol–water partition coefficient (Wildman–Crippen LogP) is 4.10. The summed E-state index contributed by atoms with van der Waals surface area (Å²) in [6.07, 6.45) is 3.14. The van der Waals surface area contributed by atoms with Crippen molar-refractivity contribution in [1.29, 1.82) is 0 Å². The lowest BCUT2D eigenvalue weighted by molar-refractivity contribution is 0.110. The van der Waals surface area contributed by atoms with Crippen molar-refractivity contribution in [2.75, 3.05) is 5.32 Å². The van der Waals surface area contributed by atoms with Crippen molar-refractivity contribution in [3.63, 3.8) is 0 Å². The maximum absolute atomic E-state index is 10.7. The maximum Gasteiger partial charge on any atom is 0.185 e. The SMILES string of the molecule is O=Cc1ccc(-c2c(Br)cccc2NC2CC2)o1. The molecule has 1 aliphatic carbocycles. The molecule has 0 unspecified atom stereocenters. The molecular formula is C14H12BrNO2. The molecule has 1 saturated carbocycles. The van der Waals surface area contributed by atoms with Gasteiger partial charge in [-0.15, -0.1) is 0 Å². The first-order valence-electron chi connectivity index (χ1n) is 5.88. The Hall–Kier alpha value is -1.55. The number of hydrogen-bond acceptors (Lipinski definition) is 3. The van der Waals surface area contributed by atoms with Gasteiger partial charge in [0.2, 0.25) is 0 Å². The number of benzene rings is 1. The summed E-state index contributed by atoms with van der Waals surface area (Å²) in [4.78, 5) is 10.7. The predicted molar refractivity (Wildman–Crippen MR) is 73.9 cm³/mol. The summed E-state index contributed by atoms with van der Waals surface area (Å²) in [5, 5.41) is 3.47. The smallest absolute Gasteiger partial charge is 0.185 e. The number of hydrogen-bond donors (Lipinski definition) is 1.